The molecule has 0 spiro atoms. The van der Waals surface area contributed by atoms with Crippen LogP contribution in [0.3, 0.4) is 0 Å². The monoisotopic (exact) mass is 351 g/mol. The standard InChI is InChI=1S/C11H17N2O7PS/c1-6-4-13(11(16)12-10(6)15)9-3-7(8(5-14)19-9)20-21(17,22)18-2/h4,7-9,14H,3,5H2,1-2H3,(H,17,22)(H,12,15,16)/p-1/t7?,8-,9-,21?/m1/s1. The number of aliphatic hydroxyl groups is 1. The van der Waals surface area contributed by atoms with Crippen molar-refractivity contribution >= 4 is 18.5 Å². The van der Waals surface area contributed by atoms with Crippen molar-refractivity contribution in [1.29, 1.82) is 0 Å². The van der Waals surface area contributed by atoms with Crippen molar-refractivity contribution in [2.24, 2.45) is 0 Å². The minimum Gasteiger partial charge on any atom is -0.780 e. The molecule has 4 atom stereocenters. The van der Waals surface area contributed by atoms with Gasteiger partial charge >= 0.3 is 5.69 Å². The number of nitrogens with zero attached hydrogens (tertiary/aromatic N) is 1. The van der Waals surface area contributed by atoms with Gasteiger partial charge in [-0.1, -0.05) is 11.8 Å². The summed E-state index contributed by atoms with van der Waals surface area (Å²) in [6.07, 6.45) is -0.905. The summed E-state index contributed by atoms with van der Waals surface area (Å²) in [4.78, 5) is 37.1. The topological polar surface area (TPSA) is 126 Å². The number of aromatic nitrogens is 2. The van der Waals surface area contributed by atoms with Crippen molar-refractivity contribution in [2.75, 3.05) is 13.7 Å². The third-order valence-corrected chi connectivity index (χ3v) is 4.99. The van der Waals surface area contributed by atoms with Crippen LogP contribution in [0.4, 0.5) is 0 Å². The summed E-state index contributed by atoms with van der Waals surface area (Å²) < 4.78 is 16.5. The first-order valence-electron chi connectivity index (χ1n) is 6.41. The van der Waals surface area contributed by atoms with E-state index < -0.39 is 43.0 Å². The molecule has 1 aromatic rings. The Labute approximate surface area is 130 Å². The van der Waals surface area contributed by atoms with Crippen LogP contribution < -0.4 is 16.1 Å². The summed E-state index contributed by atoms with van der Waals surface area (Å²) in [6, 6.07) is 0. The van der Waals surface area contributed by atoms with Gasteiger partial charge in [0.15, 0.2) is 0 Å². The Balaban J connectivity index is 2.25. The van der Waals surface area contributed by atoms with Gasteiger partial charge in [0.1, 0.15) is 19.1 Å². The first kappa shape index (κ1) is 17.5. The molecule has 9 nitrogen and oxygen atoms in total. The average Bonchev–Trinajstić information content (AvgIpc) is 2.84. The Bertz CT molecular complexity index is 702. The predicted octanol–water partition coefficient (Wildman–Crippen LogP) is -1.26. The van der Waals surface area contributed by atoms with E-state index in [1.165, 1.54) is 10.8 Å². The molecule has 0 aliphatic carbocycles. The van der Waals surface area contributed by atoms with Gasteiger partial charge in [-0.25, -0.2) is 4.79 Å². The van der Waals surface area contributed by atoms with E-state index >= 15 is 0 Å². The van der Waals surface area contributed by atoms with E-state index in [1.54, 1.807) is 6.92 Å². The summed E-state index contributed by atoms with van der Waals surface area (Å²) in [5.41, 5.74) is -0.801. The van der Waals surface area contributed by atoms with E-state index in [4.69, 9.17) is 9.26 Å². The minimum absolute atomic E-state index is 0.126. The first-order valence-corrected chi connectivity index (χ1v) is 8.96. The van der Waals surface area contributed by atoms with E-state index in [2.05, 4.69) is 21.3 Å². The van der Waals surface area contributed by atoms with Crippen LogP contribution in [-0.2, 0) is 25.6 Å². The molecule has 1 saturated heterocycles. The molecule has 0 radical (unpaired) electrons. The number of nitrogens with one attached hydrogen (secondary N) is 1. The zero-order valence-corrected chi connectivity index (χ0v) is 13.6. The van der Waals surface area contributed by atoms with Crippen LogP contribution in [-0.4, -0.2) is 40.6 Å². The largest absolute Gasteiger partial charge is 0.780 e. The van der Waals surface area contributed by atoms with Crippen molar-refractivity contribution in [2.45, 2.75) is 31.8 Å². The third kappa shape index (κ3) is 3.72. The molecule has 0 saturated carbocycles. The molecular formula is C11H16N2O7PS-. The lowest BCUT2D eigenvalue weighted by Gasteiger charge is -2.30. The van der Waals surface area contributed by atoms with E-state index in [-0.39, 0.29) is 6.42 Å². The fourth-order valence-corrected chi connectivity index (χ4v) is 3.13. The Morgan fingerprint density at radius 3 is 2.91 bits per heavy atom. The first-order chi connectivity index (χ1) is 10.3. The van der Waals surface area contributed by atoms with Crippen LogP contribution in [0, 0.1) is 6.92 Å². The molecular weight excluding hydrogens is 335 g/mol. The third-order valence-electron chi connectivity index (χ3n) is 3.30. The zero-order chi connectivity index (χ0) is 16.5. The summed E-state index contributed by atoms with van der Waals surface area (Å²) in [7, 11) is 1.16. The van der Waals surface area contributed by atoms with Crippen molar-refractivity contribution in [3.8, 4) is 0 Å². The normalized spacial score (nSPS) is 27.7. The summed E-state index contributed by atoms with van der Waals surface area (Å²) in [5.74, 6) is 0. The molecule has 1 fully saturated rings. The van der Waals surface area contributed by atoms with E-state index in [0.717, 1.165) is 7.11 Å². The van der Waals surface area contributed by atoms with Gasteiger partial charge in [-0.05, 0) is 6.92 Å². The minimum atomic E-state index is -3.67. The second-order valence-electron chi connectivity index (χ2n) is 4.80. The lowest BCUT2D eigenvalue weighted by Crippen LogP contribution is -2.33. The number of ether oxygens (including phenoxy) is 1. The molecule has 124 valence electrons. The smallest absolute Gasteiger partial charge is 0.330 e. The van der Waals surface area contributed by atoms with E-state index in [1.807, 2.05) is 0 Å². The number of aromatic amines is 1. The Morgan fingerprint density at radius 2 is 2.32 bits per heavy atom. The molecule has 2 unspecified atom stereocenters. The lowest BCUT2D eigenvalue weighted by atomic mass is 10.2. The second-order valence-corrected chi connectivity index (χ2v) is 7.61. The van der Waals surface area contributed by atoms with Crippen molar-refractivity contribution in [1.82, 2.24) is 9.55 Å². The van der Waals surface area contributed by atoms with E-state index in [0.29, 0.717) is 5.56 Å². The van der Waals surface area contributed by atoms with Gasteiger partial charge in [0, 0.05) is 25.3 Å². The van der Waals surface area contributed by atoms with Crippen LogP contribution >= 0.6 is 6.72 Å². The van der Waals surface area contributed by atoms with Crippen LogP contribution in [0.5, 0.6) is 0 Å². The number of aliphatic hydroxyl groups excluding tert-OH is 1. The fraction of sp³-hybridized carbons (Fsp3) is 0.636. The van der Waals surface area contributed by atoms with Crippen molar-refractivity contribution < 1.29 is 23.8 Å². The molecule has 2 heterocycles. The fourth-order valence-electron chi connectivity index (χ4n) is 2.16. The molecule has 2 N–H and O–H groups in total. The molecule has 1 aliphatic heterocycles. The van der Waals surface area contributed by atoms with Gasteiger partial charge < -0.3 is 23.8 Å². The maximum Gasteiger partial charge on any atom is 0.330 e. The summed E-state index contributed by atoms with van der Waals surface area (Å²) >= 11 is 4.66. The van der Waals surface area contributed by atoms with Gasteiger partial charge in [0.25, 0.3) is 5.56 Å². The van der Waals surface area contributed by atoms with Gasteiger partial charge in [-0.3, -0.25) is 14.3 Å². The van der Waals surface area contributed by atoms with Gasteiger partial charge in [-0.15, -0.1) is 0 Å². The molecule has 1 aromatic heterocycles. The van der Waals surface area contributed by atoms with Gasteiger partial charge in [0.2, 0.25) is 0 Å². The van der Waals surface area contributed by atoms with E-state index in [9.17, 15) is 19.6 Å². The lowest BCUT2D eigenvalue weighted by molar-refractivity contribution is -0.210. The summed E-state index contributed by atoms with van der Waals surface area (Å²) in [5, 5.41) is 9.32. The zero-order valence-electron chi connectivity index (χ0n) is 11.9. The highest BCUT2D eigenvalue weighted by molar-refractivity contribution is 8.06. The molecule has 11 heteroatoms. The van der Waals surface area contributed by atoms with Crippen molar-refractivity contribution in [3.05, 3.63) is 32.6 Å². The van der Waals surface area contributed by atoms with Crippen LogP contribution in [0.2, 0.25) is 0 Å². The average molecular weight is 351 g/mol. The molecule has 2 rings (SSSR count). The second kappa shape index (κ2) is 6.71. The number of aryl methyl sites for hydroxylation is 1. The van der Waals surface area contributed by atoms with Crippen LogP contribution in [0.1, 0.15) is 18.2 Å². The number of hydrogen-bond donors (Lipinski definition) is 2. The molecule has 0 aromatic carbocycles. The molecule has 0 amide bonds. The van der Waals surface area contributed by atoms with Crippen LogP contribution in [0.15, 0.2) is 15.8 Å². The highest BCUT2D eigenvalue weighted by Crippen LogP contribution is 2.44. The molecule has 22 heavy (non-hydrogen) atoms. The molecule has 1 aliphatic rings. The Morgan fingerprint density at radius 1 is 1.64 bits per heavy atom. The van der Waals surface area contributed by atoms with Crippen LogP contribution in [0.25, 0.3) is 0 Å². The Hall–Kier alpha value is -0.870. The highest BCUT2D eigenvalue weighted by atomic mass is 32.5. The quantitative estimate of drug-likeness (QED) is 0.630. The number of H-pyrrole nitrogens is 1. The van der Waals surface area contributed by atoms with Gasteiger partial charge in [-0.2, -0.15) is 0 Å². The maximum atomic E-state index is 11.8. The molecule has 0 bridgehead atoms. The van der Waals surface area contributed by atoms with Crippen molar-refractivity contribution in [3.63, 3.8) is 0 Å². The Kier molecular flexibility index (Phi) is 5.33. The number of hydrogen-bond acceptors (Lipinski definition) is 8. The predicted molar refractivity (Wildman–Crippen MR) is 77.8 cm³/mol. The van der Waals surface area contributed by atoms with Gasteiger partial charge in [0.05, 0.1) is 12.7 Å². The highest BCUT2D eigenvalue weighted by Gasteiger charge is 2.38. The summed E-state index contributed by atoms with van der Waals surface area (Å²) in [6.45, 7) is -2.53. The number of rotatable bonds is 5. The maximum absolute atomic E-state index is 11.8. The SMILES string of the molecule is COP([O-])(=S)OC1C[C@H](n2cc(C)c(=O)[nH]c2=O)O[C@@H]1CO.